The van der Waals surface area contributed by atoms with Crippen LogP contribution in [0.1, 0.15) is 36.8 Å². The summed E-state index contributed by atoms with van der Waals surface area (Å²) in [6.45, 7) is 2.97. The summed E-state index contributed by atoms with van der Waals surface area (Å²) in [5.74, 6) is -0.839. The third-order valence-electron chi connectivity index (χ3n) is 6.25. The minimum Gasteiger partial charge on any atom is -0.411 e. The Bertz CT molecular complexity index is 1580. The van der Waals surface area contributed by atoms with Crippen molar-refractivity contribution in [2.75, 3.05) is 6.54 Å². The van der Waals surface area contributed by atoms with Crippen molar-refractivity contribution in [2.45, 2.75) is 32.5 Å². The van der Waals surface area contributed by atoms with E-state index >= 15 is 0 Å². The summed E-state index contributed by atoms with van der Waals surface area (Å²) in [5, 5.41) is 12.8. The van der Waals surface area contributed by atoms with Crippen molar-refractivity contribution in [1.29, 1.82) is 0 Å². The number of carbonyl (C=O) groups excluding carboxylic acids is 1. The van der Waals surface area contributed by atoms with Gasteiger partial charge in [-0.15, -0.1) is 0 Å². The van der Waals surface area contributed by atoms with E-state index < -0.39 is 35.1 Å². The number of carbonyl (C=O) groups is 1. The van der Waals surface area contributed by atoms with Crippen molar-refractivity contribution in [1.82, 2.24) is 14.5 Å². The molecule has 0 aliphatic heterocycles. The van der Waals surface area contributed by atoms with Crippen LogP contribution in [-0.4, -0.2) is 37.8 Å². The standard InChI is InChI=1S/C28H24F4N4O3/c1-17(34-39)16-35(25(37)15-19-7-9-20(10-8-19)28(30,31)32)18(2)26-33-24-6-4-3-5-23(24)27(38)36(26)22-13-11-21(29)12-14-22/h3-14,18,39H,15-16H2,1-2H3/b34-17+/t18-/m1/s1. The highest BCUT2D eigenvalue weighted by Gasteiger charge is 2.31. The molecule has 11 heteroatoms. The topological polar surface area (TPSA) is 87.8 Å². The molecule has 0 aliphatic carbocycles. The Morgan fingerprint density at radius 3 is 2.31 bits per heavy atom. The number of amides is 1. The summed E-state index contributed by atoms with van der Waals surface area (Å²) < 4.78 is 53.8. The Morgan fingerprint density at radius 2 is 1.69 bits per heavy atom. The van der Waals surface area contributed by atoms with Gasteiger partial charge in [-0.1, -0.05) is 29.4 Å². The number of hydrogen-bond acceptors (Lipinski definition) is 5. The molecule has 39 heavy (non-hydrogen) atoms. The summed E-state index contributed by atoms with van der Waals surface area (Å²) in [4.78, 5) is 33.1. The number of alkyl halides is 3. The Labute approximate surface area is 220 Å². The minimum atomic E-state index is -4.51. The summed E-state index contributed by atoms with van der Waals surface area (Å²) in [7, 11) is 0. The van der Waals surface area contributed by atoms with Crippen molar-refractivity contribution >= 4 is 22.5 Å². The van der Waals surface area contributed by atoms with E-state index in [1.807, 2.05) is 0 Å². The molecule has 1 heterocycles. The van der Waals surface area contributed by atoms with Crippen molar-refractivity contribution in [3.63, 3.8) is 0 Å². The Morgan fingerprint density at radius 1 is 1.05 bits per heavy atom. The molecule has 0 unspecified atom stereocenters. The first kappa shape index (κ1) is 27.5. The highest BCUT2D eigenvalue weighted by Crippen LogP contribution is 2.29. The van der Waals surface area contributed by atoms with E-state index in [9.17, 15) is 32.4 Å². The lowest BCUT2D eigenvalue weighted by Gasteiger charge is -2.30. The van der Waals surface area contributed by atoms with Crippen LogP contribution in [-0.2, 0) is 17.4 Å². The lowest BCUT2D eigenvalue weighted by molar-refractivity contribution is -0.137. The van der Waals surface area contributed by atoms with Crippen LogP contribution < -0.4 is 5.56 Å². The zero-order chi connectivity index (χ0) is 28.3. The second-order valence-corrected chi connectivity index (χ2v) is 9.01. The van der Waals surface area contributed by atoms with Gasteiger partial charge in [0.2, 0.25) is 5.91 Å². The largest absolute Gasteiger partial charge is 0.416 e. The van der Waals surface area contributed by atoms with Gasteiger partial charge >= 0.3 is 6.18 Å². The summed E-state index contributed by atoms with van der Waals surface area (Å²) in [5.41, 5.74) is -0.0486. The third kappa shape index (κ3) is 5.97. The van der Waals surface area contributed by atoms with Crippen molar-refractivity contribution < 1.29 is 27.6 Å². The van der Waals surface area contributed by atoms with Crippen LogP contribution in [0, 0.1) is 5.82 Å². The SMILES string of the molecule is C/C(CN(C(=O)Cc1ccc(C(F)(F)F)cc1)[C@H](C)c1nc2ccccc2c(=O)n1-c1ccc(F)cc1)=N\O. The lowest BCUT2D eigenvalue weighted by atomic mass is 10.1. The molecule has 1 atom stereocenters. The fourth-order valence-corrected chi connectivity index (χ4v) is 4.22. The molecule has 4 rings (SSSR count). The maximum Gasteiger partial charge on any atom is 0.416 e. The van der Waals surface area contributed by atoms with Crippen LogP contribution in [0.2, 0.25) is 0 Å². The molecule has 0 spiro atoms. The number of rotatable bonds is 7. The summed E-state index contributed by atoms with van der Waals surface area (Å²) in [6, 6.07) is 15.2. The zero-order valence-electron chi connectivity index (χ0n) is 21.0. The van der Waals surface area contributed by atoms with Gasteiger partial charge in [-0.05, 0) is 67.9 Å². The van der Waals surface area contributed by atoms with Gasteiger partial charge in [-0.25, -0.2) is 9.37 Å². The number of benzene rings is 3. The molecule has 7 nitrogen and oxygen atoms in total. The predicted molar refractivity (Wildman–Crippen MR) is 137 cm³/mol. The van der Waals surface area contributed by atoms with Gasteiger partial charge < -0.3 is 10.1 Å². The highest BCUT2D eigenvalue weighted by atomic mass is 19.4. The molecule has 1 N–H and O–H groups in total. The van der Waals surface area contributed by atoms with Crippen molar-refractivity contribution in [3.05, 3.63) is 106 Å². The molecule has 3 aromatic carbocycles. The monoisotopic (exact) mass is 540 g/mol. The number of hydrogen-bond donors (Lipinski definition) is 1. The molecule has 0 fully saturated rings. The second-order valence-electron chi connectivity index (χ2n) is 9.01. The fourth-order valence-electron chi connectivity index (χ4n) is 4.22. The van der Waals surface area contributed by atoms with E-state index in [4.69, 9.17) is 0 Å². The van der Waals surface area contributed by atoms with Crippen LogP contribution in [0.4, 0.5) is 17.6 Å². The molecule has 4 aromatic rings. The Balaban J connectivity index is 1.80. The van der Waals surface area contributed by atoms with Gasteiger partial charge in [0.1, 0.15) is 11.6 Å². The first-order valence-electron chi connectivity index (χ1n) is 11.9. The number of aromatic nitrogens is 2. The van der Waals surface area contributed by atoms with E-state index in [1.165, 1.54) is 52.8 Å². The maximum absolute atomic E-state index is 13.7. The zero-order valence-corrected chi connectivity index (χ0v) is 21.0. The van der Waals surface area contributed by atoms with Crippen LogP contribution in [0.5, 0.6) is 0 Å². The van der Waals surface area contributed by atoms with E-state index in [0.29, 0.717) is 22.2 Å². The summed E-state index contributed by atoms with van der Waals surface area (Å²) in [6.07, 6.45) is -4.76. The first-order valence-corrected chi connectivity index (χ1v) is 11.9. The number of oxime groups is 1. The smallest absolute Gasteiger partial charge is 0.411 e. The summed E-state index contributed by atoms with van der Waals surface area (Å²) >= 11 is 0. The maximum atomic E-state index is 13.7. The molecule has 0 aliphatic rings. The van der Waals surface area contributed by atoms with Gasteiger partial charge in [0, 0.05) is 0 Å². The van der Waals surface area contributed by atoms with Gasteiger partial charge in [0.25, 0.3) is 5.56 Å². The molecular formula is C28H24F4N4O3. The number of fused-ring (bicyclic) bond motifs is 1. The average molecular weight is 541 g/mol. The predicted octanol–water partition coefficient (Wildman–Crippen LogP) is 5.53. The van der Waals surface area contributed by atoms with Crippen LogP contribution in [0.15, 0.2) is 82.7 Å². The minimum absolute atomic E-state index is 0.150. The Kier molecular flexibility index (Phi) is 7.80. The van der Waals surface area contributed by atoms with E-state index in [2.05, 4.69) is 10.1 Å². The first-order chi connectivity index (χ1) is 18.5. The molecule has 0 saturated heterocycles. The van der Waals surface area contributed by atoms with Crippen molar-refractivity contribution in [3.8, 4) is 5.69 Å². The van der Waals surface area contributed by atoms with Crippen LogP contribution in [0.25, 0.3) is 16.6 Å². The number of nitrogens with zero attached hydrogens (tertiary/aromatic N) is 4. The average Bonchev–Trinajstić information content (AvgIpc) is 2.91. The van der Waals surface area contributed by atoms with Crippen LogP contribution >= 0.6 is 0 Å². The van der Waals surface area contributed by atoms with Gasteiger partial charge in [0.05, 0.1) is 46.9 Å². The number of halogens is 4. The van der Waals surface area contributed by atoms with Crippen molar-refractivity contribution in [2.24, 2.45) is 5.16 Å². The van der Waals surface area contributed by atoms with Gasteiger partial charge in [0.15, 0.2) is 0 Å². The molecule has 1 aromatic heterocycles. The van der Waals surface area contributed by atoms with E-state index in [0.717, 1.165) is 12.1 Å². The van der Waals surface area contributed by atoms with Crippen LogP contribution in [0.3, 0.4) is 0 Å². The van der Waals surface area contributed by atoms with Gasteiger partial charge in [-0.2, -0.15) is 13.2 Å². The van der Waals surface area contributed by atoms with E-state index in [-0.39, 0.29) is 24.5 Å². The number of para-hydroxylation sites is 1. The molecule has 0 bridgehead atoms. The Hall–Kier alpha value is -4.54. The quantitative estimate of drug-likeness (QED) is 0.145. The van der Waals surface area contributed by atoms with E-state index in [1.54, 1.807) is 31.2 Å². The molecule has 0 saturated carbocycles. The lowest BCUT2D eigenvalue weighted by Crippen LogP contribution is -2.40. The second kappa shape index (κ2) is 11.1. The highest BCUT2D eigenvalue weighted by molar-refractivity contribution is 5.89. The fraction of sp³-hybridized carbons (Fsp3) is 0.214. The molecule has 202 valence electrons. The third-order valence-corrected chi connectivity index (χ3v) is 6.25. The molecule has 1 amide bonds. The molecular weight excluding hydrogens is 516 g/mol. The molecule has 0 radical (unpaired) electrons. The normalized spacial score (nSPS) is 12.9. The van der Waals surface area contributed by atoms with Gasteiger partial charge in [-0.3, -0.25) is 14.2 Å².